The molecule has 30 heavy (non-hydrogen) atoms. The number of carbonyl (C=O) groups excluding carboxylic acids is 1. The number of carbonyl (C=O) groups is 1. The van der Waals surface area contributed by atoms with Gasteiger partial charge in [-0.1, -0.05) is 6.07 Å². The summed E-state index contributed by atoms with van der Waals surface area (Å²) in [5, 5.41) is 3.03. The smallest absolute Gasteiger partial charge is 0.321 e. The van der Waals surface area contributed by atoms with Crippen molar-refractivity contribution in [3.63, 3.8) is 0 Å². The summed E-state index contributed by atoms with van der Waals surface area (Å²) in [6.45, 7) is 5.39. The third-order valence-electron chi connectivity index (χ3n) is 5.80. The Bertz CT molecular complexity index is 1210. The third kappa shape index (κ3) is 3.22. The molecule has 4 aromatic rings. The molecule has 1 N–H and O–H groups in total. The minimum atomic E-state index is -0.0806. The Balaban J connectivity index is 1.40. The van der Waals surface area contributed by atoms with Gasteiger partial charge in [0.15, 0.2) is 5.65 Å². The number of fused-ring (bicyclic) bond motifs is 1. The molecule has 3 aromatic heterocycles. The van der Waals surface area contributed by atoms with Gasteiger partial charge in [-0.25, -0.2) is 14.8 Å². The molecule has 7 heteroatoms. The largest absolute Gasteiger partial charge is 0.472 e. The monoisotopic (exact) mass is 401 g/mol. The Morgan fingerprint density at radius 2 is 2.10 bits per heavy atom. The van der Waals surface area contributed by atoms with E-state index in [4.69, 9.17) is 9.40 Å². The van der Waals surface area contributed by atoms with Gasteiger partial charge < -0.3 is 19.2 Å². The molecular weight excluding hydrogens is 378 g/mol. The molecule has 5 rings (SSSR count). The highest BCUT2D eigenvalue weighted by Gasteiger charge is 2.31. The van der Waals surface area contributed by atoms with Crippen molar-refractivity contribution in [1.82, 2.24) is 19.4 Å². The van der Waals surface area contributed by atoms with E-state index in [9.17, 15) is 4.79 Å². The molecule has 1 aromatic carbocycles. The summed E-state index contributed by atoms with van der Waals surface area (Å²) in [4.78, 5) is 24.1. The molecule has 152 valence electrons. The fourth-order valence-corrected chi connectivity index (χ4v) is 4.03. The van der Waals surface area contributed by atoms with Crippen molar-refractivity contribution < 1.29 is 9.21 Å². The van der Waals surface area contributed by atoms with Crippen molar-refractivity contribution in [3.8, 4) is 11.4 Å². The van der Waals surface area contributed by atoms with Crippen LogP contribution in [-0.2, 0) is 0 Å². The quantitative estimate of drug-likeness (QED) is 0.536. The van der Waals surface area contributed by atoms with Gasteiger partial charge in [-0.05, 0) is 61.7 Å². The number of aromatic nitrogens is 3. The zero-order chi connectivity index (χ0) is 20.7. The predicted molar refractivity (Wildman–Crippen MR) is 115 cm³/mol. The number of urea groups is 1. The standard InChI is InChI=1S/C23H23N5O2/c1-15-5-6-18(12-16(15)2)25-23(29)27-10-7-19(13-27)28-21(17-8-11-30-14-17)26-20-4-3-9-24-22(20)28/h3-6,8-9,11-12,14,19H,7,10,13H2,1-2H3,(H,25,29)/t19-/m1/s1. The van der Waals surface area contributed by atoms with Gasteiger partial charge in [0.25, 0.3) is 0 Å². The van der Waals surface area contributed by atoms with Crippen molar-refractivity contribution >= 4 is 22.9 Å². The van der Waals surface area contributed by atoms with E-state index in [1.54, 1.807) is 18.7 Å². The Morgan fingerprint density at radius 1 is 1.20 bits per heavy atom. The second kappa shape index (κ2) is 7.33. The van der Waals surface area contributed by atoms with Crippen molar-refractivity contribution in [1.29, 1.82) is 0 Å². The first kappa shape index (κ1) is 18.4. The average Bonchev–Trinajstić information content (AvgIpc) is 3.49. The van der Waals surface area contributed by atoms with Crippen LogP contribution in [0.25, 0.3) is 22.6 Å². The van der Waals surface area contributed by atoms with Gasteiger partial charge in [-0.3, -0.25) is 0 Å². The van der Waals surface area contributed by atoms with Gasteiger partial charge in [-0.15, -0.1) is 0 Å². The van der Waals surface area contributed by atoms with E-state index in [1.807, 2.05) is 48.2 Å². The Morgan fingerprint density at radius 3 is 2.90 bits per heavy atom. The maximum atomic E-state index is 12.9. The van der Waals surface area contributed by atoms with Crippen LogP contribution in [0, 0.1) is 13.8 Å². The molecule has 1 fully saturated rings. The molecule has 0 saturated carbocycles. The number of anilines is 1. The fourth-order valence-electron chi connectivity index (χ4n) is 4.03. The maximum absolute atomic E-state index is 12.9. The van der Waals surface area contributed by atoms with E-state index in [0.717, 1.165) is 40.2 Å². The fraction of sp³-hybridized carbons (Fsp3) is 0.261. The number of pyridine rings is 1. The number of benzene rings is 1. The van der Waals surface area contributed by atoms with Crippen molar-refractivity contribution in [2.24, 2.45) is 0 Å². The lowest BCUT2D eigenvalue weighted by Crippen LogP contribution is -2.33. The van der Waals surface area contributed by atoms with E-state index in [1.165, 1.54) is 5.56 Å². The number of aryl methyl sites for hydroxylation is 2. The Labute approximate surface area is 174 Å². The minimum Gasteiger partial charge on any atom is -0.472 e. The number of nitrogens with one attached hydrogen (secondary N) is 1. The lowest BCUT2D eigenvalue weighted by Gasteiger charge is -2.19. The molecule has 1 atom stereocenters. The van der Waals surface area contributed by atoms with Gasteiger partial charge in [0, 0.05) is 25.0 Å². The van der Waals surface area contributed by atoms with Crippen LogP contribution in [0.1, 0.15) is 23.6 Å². The molecule has 0 aliphatic carbocycles. The van der Waals surface area contributed by atoms with Crippen LogP contribution in [0.3, 0.4) is 0 Å². The lowest BCUT2D eigenvalue weighted by molar-refractivity contribution is 0.221. The van der Waals surface area contributed by atoms with E-state index in [-0.39, 0.29) is 12.1 Å². The minimum absolute atomic E-state index is 0.0806. The summed E-state index contributed by atoms with van der Waals surface area (Å²) in [6, 6.07) is 11.7. The first-order valence-corrected chi connectivity index (χ1v) is 10.1. The number of hydrogen-bond donors (Lipinski definition) is 1. The van der Waals surface area contributed by atoms with Crippen LogP contribution in [0.4, 0.5) is 10.5 Å². The number of amides is 2. The van der Waals surface area contributed by atoms with Gasteiger partial charge in [0.2, 0.25) is 0 Å². The summed E-state index contributed by atoms with van der Waals surface area (Å²) in [5.41, 5.74) is 5.77. The molecule has 0 bridgehead atoms. The lowest BCUT2D eigenvalue weighted by atomic mass is 10.1. The normalized spacial score (nSPS) is 16.3. The molecule has 0 unspecified atom stereocenters. The number of nitrogens with zero attached hydrogens (tertiary/aromatic N) is 4. The first-order valence-electron chi connectivity index (χ1n) is 10.1. The van der Waals surface area contributed by atoms with Crippen LogP contribution < -0.4 is 5.32 Å². The zero-order valence-corrected chi connectivity index (χ0v) is 17.0. The predicted octanol–water partition coefficient (Wildman–Crippen LogP) is 4.79. The van der Waals surface area contributed by atoms with Gasteiger partial charge in [-0.2, -0.15) is 0 Å². The number of rotatable bonds is 3. The number of imidazole rings is 1. The summed E-state index contributed by atoms with van der Waals surface area (Å²) in [5.74, 6) is 0.818. The summed E-state index contributed by atoms with van der Waals surface area (Å²) >= 11 is 0. The molecule has 4 heterocycles. The summed E-state index contributed by atoms with van der Waals surface area (Å²) in [7, 11) is 0. The molecule has 1 aliphatic rings. The van der Waals surface area contributed by atoms with Crippen molar-refractivity contribution in [2.75, 3.05) is 18.4 Å². The Kier molecular flexibility index (Phi) is 4.50. The van der Waals surface area contributed by atoms with E-state index in [2.05, 4.69) is 21.8 Å². The third-order valence-corrected chi connectivity index (χ3v) is 5.80. The van der Waals surface area contributed by atoms with Gasteiger partial charge in [0.1, 0.15) is 17.6 Å². The van der Waals surface area contributed by atoms with Crippen LogP contribution in [0.15, 0.2) is 59.5 Å². The molecule has 1 saturated heterocycles. The highest BCUT2D eigenvalue weighted by atomic mass is 16.3. The molecular formula is C23H23N5O2. The topological polar surface area (TPSA) is 76.2 Å². The van der Waals surface area contributed by atoms with Crippen molar-refractivity contribution in [3.05, 3.63) is 66.2 Å². The molecule has 0 spiro atoms. The van der Waals surface area contributed by atoms with Crippen LogP contribution in [0.5, 0.6) is 0 Å². The summed E-state index contributed by atoms with van der Waals surface area (Å²) in [6.07, 6.45) is 5.95. The average molecular weight is 401 g/mol. The van der Waals surface area contributed by atoms with Gasteiger partial charge in [0.05, 0.1) is 17.9 Å². The zero-order valence-electron chi connectivity index (χ0n) is 17.0. The second-order valence-corrected chi connectivity index (χ2v) is 7.78. The SMILES string of the molecule is Cc1ccc(NC(=O)N2CC[C@@H](n3c(-c4ccoc4)nc4cccnc43)C2)cc1C. The molecule has 1 aliphatic heterocycles. The maximum Gasteiger partial charge on any atom is 0.321 e. The van der Waals surface area contributed by atoms with Crippen LogP contribution >= 0.6 is 0 Å². The highest BCUT2D eigenvalue weighted by Crippen LogP contribution is 2.32. The molecule has 7 nitrogen and oxygen atoms in total. The van der Waals surface area contributed by atoms with Crippen molar-refractivity contribution in [2.45, 2.75) is 26.3 Å². The van der Waals surface area contributed by atoms with Crippen LogP contribution in [0.2, 0.25) is 0 Å². The molecule has 2 amide bonds. The Hall–Kier alpha value is -3.61. The first-order chi connectivity index (χ1) is 14.6. The van der Waals surface area contributed by atoms with Crippen LogP contribution in [-0.4, -0.2) is 38.6 Å². The van der Waals surface area contributed by atoms with E-state index < -0.39 is 0 Å². The number of hydrogen-bond acceptors (Lipinski definition) is 4. The van der Waals surface area contributed by atoms with E-state index >= 15 is 0 Å². The summed E-state index contributed by atoms with van der Waals surface area (Å²) < 4.78 is 7.42. The molecule has 0 radical (unpaired) electrons. The second-order valence-electron chi connectivity index (χ2n) is 7.78. The van der Waals surface area contributed by atoms with Gasteiger partial charge >= 0.3 is 6.03 Å². The number of furan rings is 1. The van der Waals surface area contributed by atoms with E-state index in [0.29, 0.717) is 13.1 Å². The highest BCUT2D eigenvalue weighted by molar-refractivity contribution is 5.89. The number of likely N-dealkylation sites (tertiary alicyclic amines) is 1.